The zero-order valence-corrected chi connectivity index (χ0v) is 13.9. The number of nitrogens with one attached hydrogen (secondary N) is 2. The van der Waals surface area contributed by atoms with E-state index >= 15 is 0 Å². The maximum absolute atomic E-state index is 12.6. The molecule has 1 aliphatic heterocycles. The summed E-state index contributed by atoms with van der Waals surface area (Å²) >= 11 is 0. The van der Waals surface area contributed by atoms with Crippen molar-refractivity contribution < 1.29 is 34.2 Å². The Morgan fingerprint density at radius 1 is 1.24 bits per heavy atom. The van der Waals surface area contributed by atoms with E-state index < -0.39 is 42.4 Å². The van der Waals surface area contributed by atoms with Crippen LogP contribution in [0.2, 0.25) is 0 Å². The molecule has 1 saturated heterocycles. The standard InChI is InChI=1S/C15H23N3O7/c1-16-10(4-5-12(20)21)15(25)18-6-2-3-11(18)14(24)17-9(8-19)7-13(22)23/h8-11,16H,2-7H2,1H3,(H,17,24)(H,20,21)(H,22,23). The van der Waals surface area contributed by atoms with Crippen LogP contribution in [0.25, 0.3) is 0 Å². The van der Waals surface area contributed by atoms with Gasteiger partial charge in [-0.2, -0.15) is 0 Å². The Bertz CT molecular complexity index is 537. The highest BCUT2D eigenvalue weighted by Gasteiger charge is 2.37. The molecule has 0 aromatic heterocycles. The number of carboxylic acids is 2. The SMILES string of the molecule is CNC(CCC(=O)O)C(=O)N1CCCC1C(=O)NC(C=O)CC(=O)O. The fourth-order valence-corrected chi connectivity index (χ4v) is 2.76. The molecule has 4 N–H and O–H groups in total. The van der Waals surface area contributed by atoms with E-state index in [1.807, 2.05) is 0 Å². The molecule has 10 nitrogen and oxygen atoms in total. The average molecular weight is 357 g/mol. The lowest BCUT2D eigenvalue weighted by Gasteiger charge is -2.28. The first kappa shape index (κ1) is 20.6. The molecule has 3 atom stereocenters. The number of aliphatic carboxylic acids is 2. The molecule has 1 fully saturated rings. The molecular formula is C15H23N3O7. The van der Waals surface area contributed by atoms with Crippen LogP contribution in [0.3, 0.4) is 0 Å². The summed E-state index contributed by atoms with van der Waals surface area (Å²) in [6.07, 6.45) is 0.693. The van der Waals surface area contributed by atoms with Gasteiger partial charge in [-0.25, -0.2) is 0 Å². The summed E-state index contributed by atoms with van der Waals surface area (Å²) in [7, 11) is 1.53. The van der Waals surface area contributed by atoms with Crippen LogP contribution in [-0.4, -0.2) is 76.9 Å². The minimum absolute atomic E-state index is 0.0888. The molecular weight excluding hydrogens is 334 g/mol. The van der Waals surface area contributed by atoms with Crippen molar-refractivity contribution in [1.29, 1.82) is 0 Å². The van der Waals surface area contributed by atoms with E-state index in [1.165, 1.54) is 11.9 Å². The highest BCUT2D eigenvalue weighted by Crippen LogP contribution is 2.19. The fourth-order valence-electron chi connectivity index (χ4n) is 2.76. The summed E-state index contributed by atoms with van der Waals surface area (Å²) in [4.78, 5) is 58.5. The highest BCUT2D eigenvalue weighted by molar-refractivity contribution is 5.92. The predicted molar refractivity (Wildman–Crippen MR) is 84.7 cm³/mol. The molecule has 140 valence electrons. The fraction of sp³-hybridized carbons (Fsp3) is 0.667. The summed E-state index contributed by atoms with van der Waals surface area (Å²) in [5.74, 6) is -3.22. The van der Waals surface area contributed by atoms with E-state index in [4.69, 9.17) is 10.2 Å². The van der Waals surface area contributed by atoms with Crippen molar-refractivity contribution in [1.82, 2.24) is 15.5 Å². The molecule has 1 aliphatic rings. The Morgan fingerprint density at radius 3 is 2.44 bits per heavy atom. The van der Waals surface area contributed by atoms with Crippen molar-refractivity contribution in [2.75, 3.05) is 13.6 Å². The topological polar surface area (TPSA) is 153 Å². The summed E-state index contributed by atoms with van der Waals surface area (Å²) in [6, 6.07) is -2.69. The van der Waals surface area contributed by atoms with Crippen LogP contribution in [-0.2, 0) is 24.0 Å². The van der Waals surface area contributed by atoms with E-state index in [-0.39, 0.29) is 18.7 Å². The van der Waals surface area contributed by atoms with Gasteiger partial charge < -0.3 is 30.5 Å². The van der Waals surface area contributed by atoms with Crippen LogP contribution < -0.4 is 10.6 Å². The molecule has 10 heteroatoms. The maximum Gasteiger partial charge on any atom is 0.305 e. The van der Waals surface area contributed by atoms with Crippen molar-refractivity contribution in [2.45, 2.75) is 50.2 Å². The van der Waals surface area contributed by atoms with Gasteiger partial charge in [0.2, 0.25) is 11.8 Å². The normalized spacial score (nSPS) is 19.1. The van der Waals surface area contributed by atoms with E-state index in [0.717, 1.165) is 0 Å². The Kier molecular flexibility index (Phi) is 7.99. The quantitative estimate of drug-likeness (QED) is 0.348. The average Bonchev–Trinajstić information content (AvgIpc) is 3.03. The van der Waals surface area contributed by atoms with Crippen LogP contribution in [0.1, 0.15) is 32.1 Å². The number of carbonyl (C=O) groups is 5. The predicted octanol–water partition coefficient (Wildman–Crippen LogP) is -1.41. The van der Waals surface area contributed by atoms with Crippen molar-refractivity contribution in [2.24, 2.45) is 0 Å². The van der Waals surface area contributed by atoms with E-state index in [1.54, 1.807) is 0 Å². The van der Waals surface area contributed by atoms with E-state index in [2.05, 4.69) is 10.6 Å². The third-order valence-electron chi connectivity index (χ3n) is 4.02. The number of amides is 2. The lowest BCUT2D eigenvalue weighted by atomic mass is 10.1. The van der Waals surface area contributed by atoms with Gasteiger partial charge in [-0.15, -0.1) is 0 Å². The number of hydrogen-bond donors (Lipinski definition) is 4. The lowest BCUT2D eigenvalue weighted by Crippen LogP contribution is -2.53. The molecule has 3 unspecified atom stereocenters. The van der Waals surface area contributed by atoms with Gasteiger partial charge in [-0.05, 0) is 26.3 Å². The Balaban J connectivity index is 2.74. The molecule has 0 aliphatic carbocycles. The number of aldehydes is 1. The first-order chi connectivity index (χ1) is 11.8. The summed E-state index contributed by atoms with van der Waals surface area (Å²) in [5.41, 5.74) is 0. The van der Waals surface area contributed by atoms with Gasteiger partial charge in [-0.1, -0.05) is 0 Å². The second kappa shape index (κ2) is 9.72. The summed E-state index contributed by atoms with van der Waals surface area (Å²) in [5, 5.41) is 22.5. The maximum atomic E-state index is 12.6. The van der Waals surface area contributed by atoms with Crippen molar-refractivity contribution >= 4 is 30.0 Å². The number of likely N-dealkylation sites (N-methyl/N-ethyl adjacent to an activating group) is 1. The number of likely N-dealkylation sites (tertiary alicyclic amines) is 1. The van der Waals surface area contributed by atoms with Crippen molar-refractivity contribution in [3.8, 4) is 0 Å². The Morgan fingerprint density at radius 2 is 1.92 bits per heavy atom. The second-order valence-electron chi connectivity index (χ2n) is 5.81. The first-order valence-corrected chi connectivity index (χ1v) is 7.97. The first-order valence-electron chi connectivity index (χ1n) is 7.97. The second-order valence-corrected chi connectivity index (χ2v) is 5.81. The van der Waals surface area contributed by atoms with Gasteiger partial charge in [0.15, 0.2) is 0 Å². The molecule has 1 rings (SSSR count). The zero-order chi connectivity index (χ0) is 19.0. The van der Waals surface area contributed by atoms with Gasteiger partial charge in [-0.3, -0.25) is 19.2 Å². The number of nitrogens with zero attached hydrogens (tertiary/aromatic N) is 1. The number of rotatable bonds is 10. The van der Waals surface area contributed by atoms with Crippen molar-refractivity contribution in [3.05, 3.63) is 0 Å². The summed E-state index contributed by atoms with van der Waals surface area (Å²) < 4.78 is 0. The minimum atomic E-state index is -1.22. The molecule has 0 spiro atoms. The largest absolute Gasteiger partial charge is 0.481 e. The van der Waals surface area contributed by atoms with Gasteiger partial charge in [0, 0.05) is 13.0 Å². The third kappa shape index (κ3) is 6.14. The molecule has 1 heterocycles. The van der Waals surface area contributed by atoms with Gasteiger partial charge in [0.25, 0.3) is 0 Å². The monoisotopic (exact) mass is 357 g/mol. The number of carbonyl (C=O) groups excluding carboxylic acids is 3. The van der Waals surface area contributed by atoms with Gasteiger partial charge in [0.05, 0.1) is 18.5 Å². The minimum Gasteiger partial charge on any atom is -0.481 e. The number of hydrogen-bond acceptors (Lipinski definition) is 6. The van der Waals surface area contributed by atoms with Crippen molar-refractivity contribution in [3.63, 3.8) is 0 Å². The molecule has 0 radical (unpaired) electrons. The lowest BCUT2D eigenvalue weighted by molar-refractivity contribution is -0.143. The zero-order valence-electron chi connectivity index (χ0n) is 13.9. The smallest absolute Gasteiger partial charge is 0.305 e. The van der Waals surface area contributed by atoms with Crippen LogP contribution in [0.5, 0.6) is 0 Å². The molecule has 25 heavy (non-hydrogen) atoms. The van der Waals surface area contributed by atoms with Crippen LogP contribution >= 0.6 is 0 Å². The Labute approximate surface area is 144 Å². The number of carboxylic acid groups (broad SMARTS) is 2. The third-order valence-corrected chi connectivity index (χ3v) is 4.02. The van der Waals surface area contributed by atoms with E-state index in [9.17, 15) is 24.0 Å². The highest BCUT2D eigenvalue weighted by atomic mass is 16.4. The molecule has 0 aromatic rings. The molecule has 0 aromatic carbocycles. The molecule has 0 bridgehead atoms. The van der Waals surface area contributed by atoms with Crippen LogP contribution in [0, 0.1) is 0 Å². The van der Waals surface area contributed by atoms with Gasteiger partial charge in [0.1, 0.15) is 12.3 Å². The summed E-state index contributed by atoms with van der Waals surface area (Å²) in [6.45, 7) is 0.340. The molecule has 2 amide bonds. The molecule has 0 saturated carbocycles. The van der Waals surface area contributed by atoms with E-state index in [0.29, 0.717) is 25.7 Å². The van der Waals surface area contributed by atoms with Gasteiger partial charge >= 0.3 is 11.9 Å². The van der Waals surface area contributed by atoms with Crippen LogP contribution in [0.4, 0.5) is 0 Å². The Hall–Kier alpha value is -2.49. The van der Waals surface area contributed by atoms with Crippen LogP contribution in [0.15, 0.2) is 0 Å².